The van der Waals surface area contributed by atoms with E-state index in [2.05, 4.69) is 47.2 Å². The van der Waals surface area contributed by atoms with Gasteiger partial charge in [0.2, 0.25) is 0 Å². The smallest absolute Gasteiger partial charge is 0.252 e. The molecular formula is C13H21N5. The van der Waals surface area contributed by atoms with E-state index in [1.54, 1.807) is 6.33 Å². The van der Waals surface area contributed by atoms with Gasteiger partial charge >= 0.3 is 0 Å². The second-order valence-corrected chi connectivity index (χ2v) is 4.66. The molecule has 0 amide bonds. The quantitative estimate of drug-likeness (QED) is 0.877. The van der Waals surface area contributed by atoms with Gasteiger partial charge in [0.25, 0.3) is 5.78 Å². The Hall–Kier alpha value is -1.49. The van der Waals surface area contributed by atoms with E-state index in [-0.39, 0.29) is 0 Å². The van der Waals surface area contributed by atoms with Gasteiger partial charge in [-0.1, -0.05) is 13.8 Å². The number of nitrogens with one attached hydrogen (secondary N) is 1. The van der Waals surface area contributed by atoms with Crippen LogP contribution in [-0.4, -0.2) is 32.2 Å². The standard InChI is InChI=1S/C13H21N5/c1-5-11(10(4)14-6-2)12-7-9(3)17-13-15-8-16-18(12)13/h7-8,10-11,14H,5-6H2,1-4H3. The third-order valence-corrected chi connectivity index (χ3v) is 3.36. The molecule has 18 heavy (non-hydrogen) atoms. The van der Waals surface area contributed by atoms with E-state index < -0.39 is 0 Å². The molecule has 0 radical (unpaired) electrons. The van der Waals surface area contributed by atoms with E-state index in [1.165, 1.54) is 5.69 Å². The van der Waals surface area contributed by atoms with E-state index in [4.69, 9.17) is 0 Å². The molecule has 2 heterocycles. The van der Waals surface area contributed by atoms with Crippen molar-refractivity contribution < 1.29 is 0 Å². The van der Waals surface area contributed by atoms with Crippen LogP contribution in [0, 0.1) is 6.92 Å². The Morgan fingerprint density at radius 1 is 1.39 bits per heavy atom. The van der Waals surface area contributed by atoms with Crippen LogP contribution in [0.5, 0.6) is 0 Å². The highest BCUT2D eigenvalue weighted by Crippen LogP contribution is 2.23. The summed E-state index contributed by atoms with van der Waals surface area (Å²) in [5, 5.41) is 7.78. The van der Waals surface area contributed by atoms with Crippen molar-refractivity contribution in [2.75, 3.05) is 6.54 Å². The maximum Gasteiger partial charge on any atom is 0.252 e. The molecule has 2 aromatic heterocycles. The maximum atomic E-state index is 4.39. The molecule has 0 aromatic carbocycles. The Kier molecular flexibility index (Phi) is 3.91. The Balaban J connectivity index is 2.46. The number of hydrogen-bond acceptors (Lipinski definition) is 4. The second kappa shape index (κ2) is 5.44. The molecule has 0 bridgehead atoms. The molecule has 2 aromatic rings. The molecule has 5 nitrogen and oxygen atoms in total. The number of likely N-dealkylation sites (N-methyl/N-ethyl adjacent to an activating group) is 1. The first-order valence-electron chi connectivity index (χ1n) is 6.58. The Labute approximate surface area is 108 Å². The summed E-state index contributed by atoms with van der Waals surface area (Å²) in [5.74, 6) is 1.10. The lowest BCUT2D eigenvalue weighted by molar-refractivity contribution is 0.445. The first-order chi connectivity index (χ1) is 8.67. The van der Waals surface area contributed by atoms with Gasteiger partial charge in [0.15, 0.2) is 0 Å². The summed E-state index contributed by atoms with van der Waals surface area (Å²) in [7, 11) is 0. The van der Waals surface area contributed by atoms with Crippen LogP contribution >= 0.6 is 0 Å². The summed E-state index contributed by atoms with van der Waals surface area (Å²) in [6.45, 7) is 9.53. The summed E-state index contributed by atoms with van der Waals surface area (Å²) < 4.78 is 1.86. The molecule has 0 spiro atoms. The van der Waals surface area contributed by atoms with Gasteiger partial charge in [-0.15, -0.1) is 0 Å². The van der Waals surface area contributed by atoms with E-state index in [9.17, 15) is 0 Å². The number of aromatic nitrogens is 4. The lowest BCUT2D eigenvalue weighted by Crippen LogP contribution is -2.33. The highest BCUT2D eigenvalue weighted by atomic mass is 15.3. The highest BCUT2D eigenvalue weighted by Gasteiger charge is 2.20. The van der Waals surface area contributed by atoms with Crippen molar-refractivity contribution in [1.29, 1.82) is 0 Å². The summed E-state index contributed by atoms with van der Waals surface area (Å²) in [6, 6.07) is 2.53. The van der Waals surface area contributed by atoms with E-state index >= 15 is 0 Å². The van der Waals surface area contributed by atoms with Crippen molar-refractivity contribution in [3.05, 3.63) is 23.8 Å². The number of fused-ring (bicyclic) bond motifs is 1. The molecule has 0 fully saturated rings. The average molecular weight is 247 g/mol. The molecule has 5 heteroatoms. The van der Waals surface area contributed by atoms with Crippen molar-refractivity contribution in [2.24, 2.45) is 0 Å². The SMILES string of the molecule is CCNC(C)C(CC)c1cc(C)nc2ncnn12. The molecule has 0 saturated heterocycles. The minimum atomic E-state index is 0.411. The zero-order chi connectivity index (χ0) is 13.1. The average Bonchev–Trinajstić information content (AvgIpc) is 2.78. The van der Waals surface area contributed by atoms with E-state index in [1.807, 2.05) is 11.4 Å². The third-order valence-electron chi connectivity index (χ3n) is 3.36. The Morgan fingerprint density at radius 3 is 2.83 bits per heavy atom. The van der Waals surface area contributed by atoms with Gasteiger partial charge in [-0.25, -0.2) is 9.50 Å². The van der Waals surface area contributed by atoms with Crippen LogP contribution in [0.15, 0.2) is 12.4 Å². The van der Waals surface area contributed by atoms with Gasteiger partial charge in [-0.05, 0) is 32.9 Å². The largest absolute Gasteiger partial charge is 0.314 e. The molecule has 0 saturated carbocycles. The lowest BCUT2D eigenvalue weighted by atomic mass is 9.94. The minimum Gasteiger partial charge on any atom is -0.314 e. The second-order valence-electron chi connectivity index (χ2n) is 4.66. The van der Waals surface area contributed by atoms with Crippen molar-refractivity contribution in [2.45, 2.75) is 46.1 Å². The van der Waals surface area contributed by atoms with Crippen LogP contribution in [0.2, 0.25) is 0 Å². The highest BCUT2D eigenvalue weighted by molar-refractivity contribution is 5.31. The molecule has 0 aliphatic carbocycles. The monoisotopic (exact) mass is 247 g/mol. The number of hydrogen-bond donors (Lipinski definition) is 1. The molecule has 2 unspecified atom stereocenters. The molecule has 2 rings (SSSR count). The molecule has 98 valence electrons. The van der Waals surface area contributed by atoms with Crippen molar-refractivity contribution in [3.63, 3.8) is 0 Å². The third kappa shape index (κ3) is 2.36. The Morgan fingerprint density at radius 2 is 2.17 bits per heavy atom. The number of aryl methyl sites for hydroxylation is 1. The van der Waals surface area contributed by atoms with Crippen LogP contribution in [0.3, 0.4) is 0 Å². The predicted octanol–water partition coefficient (Wildman–Crippen LogP) is 1.92. The van der Waals surface area contributed by atoms with Crippen LogP contribution in [0.25, 0.3) is 5.78 Å². The van der Waals surface area contributed by atoms with Gasteiger partial charge in [-0.3, -0.25) is 0 Å². The van der Waals surface area contributed by atoms with Crippen LogP contribution in [-0.2, 0) is 0 Å². The fourth-order valence-corrected chi connectivity index (χ4v) is 2.51. The first-order valence-corrected chi connectivity index (χ1v) is 6.58. The zero-order valence-electron chi connectivity index (χ0n) is 11.5. The number of nitrogens with zero attached hydrogens (tertiary/aromatic N) is 4. The summed E-state index contributed by atoms with van der Waals surface area (Å²) >= 11 is 0. The maximum absolute atomic E-state index is 4.39. The minimum absolute atomic E-state index is 0.411. The van der Waals surface area contributed by atoms with Gasteiger partial charge in [-0.2, -0.15) is 10.1 Å². The fourth-order valence-electron chi connectivity index (χ4n) is 2.51. The van der Waals surface area contributed by atoms with Crippen LogP contribution in [0.4, 0.5) is 0 Å². The van der Waals surface area contributed by atoms with Crippen molar-refractivity contribution in [1.82, 2.24) is 24.9 Å². The normalized spacial score (nSPS) is 14.9. The van der Waals surface area contributed by atoms with E-state index in [0.717, 1.165) is 18.7 Å². The fraction of sp³-hybridized carbons (Fsp3) is 0.615. The lowest BCUT2D eigenvalue weighted by Gasteiger charge is -2.24. The van der Waals surface area contributed by atoms with Crippen molar-refractivity contribution in [3.8, 4) is 0 Å². The molecule has 1 N–H and O–H groups in total. The summed E-state index contributed by atoms with van der Waals surface area (Å²) in [5.41, 5.74) is 2.18. The molecule has 2 atom stereocenters. The zero-order valence-corrected chi connectivity index (χ0v) is 11.5. The topological polar surface area (TPSA) is 55.1 Å². The molecular weight excluding hydrogens is 226 g/mol. The molecule has 0 aliphatic heterocycles. The van der Waals surface area contributed by atoms with Gasteiger partial charge in [0, 0.05) is 17.7 Å². The predicted molar refractivity (Wildman–Crippen MR) is 71.7 cm³/mol. The summed E-state index contributed by atoms with van der Waals surface area (Å²) in [4.78, 5) is 8.57. The number of rotatable bonds is 5. The summed E-state index contributed by atoms with van der Waals surface area (Å²) in [6.07, 6.45) is 2.63. The first kappa shape index (κ1) is 13.0. The van der Waals surface area contributed by atoms with Crippen LogP contribution < -0.4 is 5.32 Å². The molecule has 0 aliphatic rings. The van der Waals surface area contributed by atoms with Crippen molar-refractivity contribution >= 4 is 5.78 Å². The van der Waals surface area contributed by atoms with Crippen LogP contribution in [0.1, 0.15) is 44.5 Å². The van der Waals surface area contributed by atoms with E-state index in [0.29, 0.717) is 17.7 Å². The Bertz CT molecular complexity index is 519. The van der Waals surface area contributed by atoms with Gasteiger partial charge in [0.05, 0.1) is 5.69 Å². The van der Waals surface area contributed by atoms with Gasteiger partial charge < -0.3 is 5.32 Å². The van der Waals surface area contributed by atoms with Gasteiger partial charge in [0.1, 0.15) is 6.33 Å².